The van der Waals surface area contributed by atoms with Gasteiger partial charge in [-0.05, 0) is 23.6 Å². The molecule has 1 saturated heterocycles. The fourth-order valence-corrected chi connectivity index (χ4v) is 3.42. The fraction of sp³-hybridized carbons (Fsp3) is 0.412. The molecule has 0 saturated carbocycles. The number of amides is 2. The summed E-state index contributed by atoms with van der Waals surface area (Å²) in [6.45, 7) is 2.48. The van der Waals surface area contributed by atoms with Crippen molar-refractivity contribution in [1.82, 2.24) is 9.80 Å². The number of rotatable bonds is 5. The molecule has 2 aromatic rings. The fourth-order valence-electron chi connectivity index (χ4n) is 2.72. The summed E-state index contributed by atoms with van der Waals surface area (Å²) in [6, 6.07) is 7.66. The number of carbonyl (C=O) groups excluding carboxylic acids is 2. The highest BCUT2D eigenvalue weighted by Crippen LogP contribution is 2.13. The van der Waals surface area contributed by atoms with Gasteiger partial charge in [-0.1, -0.05) is 6.07 Å². The predicted molar refractivity (Wildman–Crippen MR) is 88.2 cm³/mol. The maximum absolute atomic E-state index is 12.2. The Kier molecular flexibility index (Phi) is 5.12. The lowest BCUT2D eigenvalue weighted by Gasteiger charge is -2.34. The smallest absolute Gasteiger partial charge is 0.227 e. The van der Waals surface area contributed by atoms with Crippen molar-refractivity contribution in [3.05, 3.63) is 46.5 Å². The van der Waals surface area contributed by atoms with Crippen molar-refractivity contribution in [2.75, 3.05) is 26.2 Å². The van der Waals surface area contributed by atoms with E-state index in [0.29, 0.717) is 45.4 Å². The second-order valence-corrected chi connectivity index (χ2v) is 6.63. The van der Waals surface area contributed by atoms with Gasteiger partial charge in [-0.25, -0.2) is 0 Å². The Hall–Kier alpha value is -2.08. The van der Waals surface area contributed by atoms with Gasteiger partial charge in [0, 0.05) is 43.9 Å². The molecule has 0 spiro atoms. The summed E-state index contributed by atoms with van der Waals surface area (Å²) < 4.78 is 5.25. The molecule has 1 aliphatic heterocycles. The van der Waals surface area contributed by atoms with E-state index >= 15 is 0 Å². The summed E-state index contributed by atoms with van der Waals surface area (Å²) in [7, 11) is 0. The van der Waals surface area contributed by atoms with Crippen LogP contribution in [-0.2, 0) is 22.4 Å². The number of piperazine rings is 1. The van der Waals surface area contributed by atoms with Crippen molar-refractivity contribution in [3.63, 3.8) is 0 Å². The van der Waals surface area contributed by atoms with Gasteiger partial charge in [-0.3, -0.25) is 9.59 Å². The number of nitrogens with zero attached hydrogens (tertiary/aromatic N) is 2. The summed E-state index contributed by atoms with van der Waals surface area (Å²) in [5, 5.41) is 1.98. The van der Waals surface area contributed by atoms with Crippen LogP contribution in [0.25, 0.3) is 0 Å². The normalized spacial score (nSPS) is 15.0. The van der Waals surface area contributed by atoms with Crippen LogP contribution in [0.15, 0.2) is 40.3 Å². The summed E-state index contributed by atoms with van der Waals surface area (Å²) >= 11 is 1.61. The Morgan fingerprint density at radius 1 is 1.04 bits per heavy atom. The van der Waals surface area contributed by atoms with Gasteiger partial charge in [0.15, 0.2) is 0 Å². The van der Waals surface area contributed by atoms with Crippen LogP contribution in [0.4, 0.5) is 0 Å². The van der Waals surface area contributed by atoms with Gasteiger partial charge >= 0.3 is 0 Å². The van der Waals surface area contributed by atoms with E-state index in [2.05, 4.69) is 0 Å². The number of aryl methyl sites for hydroxylation is 1. The van der Waals surface area contributed by atoms with Crippen LogP contribution in [0.5, 0.6) is 0 Å². The van der Waals surface area contributed by atoms with E-state index in [4.69, 9.17) is 4.42 Å². The highest BCUT2D eigenvalue weighted by molar-refractivity contribution is 7.10. The molecule has 23 heavy (non-hydrogen) atoms. The van der Waals surface area contributed by atoms with Crippen LogP contribution in [-0.4, -0.2) is 47.8 Å². The van der Waals surface area contributed by atoms with Gasteiger partial charge in [0.1, 0.15) is 5.76 Å². The van der Waals surface area contributed by atoms with Crippen LogP contribution < -0.4 is 0 Å². The Bertz CT molecular complexity index is 629. The van der Waals surface area contributed by atoms with Gasteiger partial charge in [0.2, 0.25) is 11.8 Å². The van der Waals surface area contributed by atoms with Crippen molar-refractivity contribution in [2.45, 2.75) is 19.3 Å². The van der Waals surface area contributed by atoms with Gasteiger partial charge in [-0.2, -0.15) is 0 Å². The predicted octanol–water partition coefficient (Wildman–Crippen LogP) is 2.19. The van der Waals surface area contributed by atoms with E-state index < -0.39 is 0 Å². The molecule has 0 N–H and O–H groups in total. The minimum absolute atomic E-state index is 0.131. The molecule has 2 aromatic heterocycles. The highest BCUT2D eigenvalue weighted by atomic mass is 32.1. The van der Waals surface area contributed by atoms with Crippen molar-refractivity contribution in [2.24, 2.45) is 0 Å². The van der Waals surface area contributed by atoms with E-state index in [1.807, 2.05) is 39.4 Å². The number of carbonyl (C=O) groups is 2. The Balaban J connectivity index is 1.42. The lowest BCUT2D eigenvalue weighted by Crippen LogP contribution is -2.51. The molecule has 1 aliphatic rings. The molecule has 5 nitrogen and oxygen atoms in total. The molecule has 122 valence electrons. The molecule has 6 heteroatoms. The number of thiophene rings is 1. The molecule has 3 rings (SSSR count). The second-order valence-electron chi connectivity index (χ2n) is 5.60. The number of hydrogen-bond acceptors (Lipinski definition) is 4. The molecule has 0 atom stereocenters. The van der Waals surface area contributed by atoms with E-state index in [9.17, 15) is 9.59 Å². The van der Waals surface area contributed by atoms with Crippen LogP contribution in [0.2, 0.25) is 0 Å². The van der Waals surface area contributed by atoms with Crippen molar-refractivity contribution in [3.8, 4) is 0 Å². The van der Waals surface area contributed by atoms with E-state index in [1.54, 1.807) is 17.6 Å². The second kappa shape index (κ2) is 7.46. The quantitative estimate of drug-likeness (QED) is 0.843. The van der Waals surface area contributed by atoms with Crippen molar-refractivity contribution >= 4 is 23.2 Å². The molecular formula is C17H20N2O3S. The SMILES string of the molecule is O=C(CCc1ccco1)N1CCN(C(=O)Cc2cccs2)CC1. The summed E-state index contributed by atoms with van der Waals surface area (Å²) in [5.41, 5.74) is 0. The average Bonchev–Trinajstić information content (AvgIpc) is 3.26. The first-order chi connectivity index (χ1) is 11.2. The Morgan fingerprint density at radius 2 is 1.78 bits per heavy atom. The van der Waals surface area contributed by atoms with Gasteiger partial charge < -0.3 is 14.2 Å². The molecule has 2 amide bonds. The van der Waals surface area contributed by atoms with Crippen molar-refractivity contribution < 1.29 is 14.0 Å². The lowest BCUT2D eigenvalue weighted by atomic mass is 10.2. The molecule has 0 unspecified atom stereocenters. The van der Waals surface area contributed by atoms with E-state index in [-0.39, 0.29) is 11.8 Å². The highest BCUT2D eigenvalue weighted by Gasteiger charge is 2.24. The van der Waals surface area contributed by atoms with Gasteiger partial charge in [0.05, 0.1) is 12.7 Å². The van der Waals surface area contributed by atoms with Gasteiger partial charge in [0.25, 0.3) is 0 Å². The lowest BCUT2D eigenvalue weighted by molar-refractivity contribution is -0.139. The zero-order valence-electron chi connectivity index (χ0n) is 12.9. The van der Waals surface area contributed by atoms with Crippen LogP contribution in [0.3, 0.4) is 0 Å². The van der Waals surface area contributed by atoms with E-state index in [0.717, 1.165) is 10.6 Å². The molecule has 3 heterocycles. The summed E-state index contributed by atoms with van der Waals surface area (Å²) in [6.07, 6.45) is 3.17. The maximum atomic E-state index is 12.2. The standard InChI is InChI=1S/C17H20N2O3S/c20-16(6-5-14-3-1-11-22-14)18-7-9-19(10-8-18)17(21)13-15-4-2-12-23-15/h1-4,11-12H,5-10,13H2. The van der Waals surface area contributed by atoms with Crippen molar-refractivity contribution in [1.29, 1.82) is 0 Å². The first-order valence-corrected chi connectivity index (χ1v) is 8.70. The third-order valence-electron chi connectivity index (χ3n) is 4.06. The zero-order chi connectivity index (χ0) is 16.1. The summed E-state index contributed by atoms with van der Waals surface area (Å²) in [4.78, 5) is 29.2. The molecular weight excluding hydrogens is 312 g/mol. The van der Waals surface area contributed by atoms with E-state index in [1.165, 1.54) is 0 Å². The molecule has 0 aliphatic carbocycles. The maximum Gasteiger partial charge on any atom is 0.227 e. The zero-order valence-corrected chi connectivity index (χ0v) is 13.8. The number of furan rings is 1. The molecule has 0 bridgehead atoms. The first-order valence-electron chi connectivity index (χ1n) is 7.82. The van der Waals surface area contributed by atoms with Crippen LogP contribution >= 0.6 is 11.3 Å². The Labute approximate surface area is 139 Å². The monoisotopic (exact) mass is 332 g/mol. The summed E-state index contributed by atoms with van der Waals surface area (Å²) in [5.74, 6) is 1.12. The third-order valence-corrected chi connectivity index (χ3v) is 4.93. The molecule has 0 aromatic carbocycles. The molecule has 1 fully saturated rings. The Morgan fingerprint density at radius 3 is 2.39 bits per heavy atom. The average molecular weight is 332 g/mol. The van der Waals surface area contributed by atoms with Gasteiger partial charge in [-0.15, -0.1) is 11.3 Å². The minimum atomic E-state index is 0.131. The van der Waals surface area contributed by atoms with Crippen LogP contribution in [0, 0.1) is 0 Å². The topological polar surface area (TPSA) is 53.8 Å². The largest absolute Gasteiger partial charge is 0.469 e. The first kappa shape index (κ1) is 15.8. The molecule has 0 radical (unpaired) electrons. The van der Waals surface area contributed by atoms with Crippen LogP contribution in [0.1, 0.15) is 17.1 Å². The minimum Gasteiger partial charge on any atom is -0.469 e. The third kappa shape index (κ3) is 4.22. The number of hydrogen-bond donors (Lipinski definition) is 0.